The molecule has 0 bridgehead atoms. The van der Waals surface area contributed by atoms with E-state index in [2.05, 4.69) is 5.32 Å². The molecule has 1 amide bonds. The molecule has 1 saturated heterocycles. The highest BCUT2D eigenvalue weighted by atomic mass is 35.5. The van der Waals surface area contributed by atoms with Gasteiger partial charge >= 0.3 is 0 Å². The largest absolute Gasteiger partial charge is 0.493 e. The van der Waals surface area contributed by atoms with E-state index in [0.29, 0.717) is 41.8 Å². The van der Waals surface area contributed by atoms with Crippen LogP contribution in [0.15, 0.2) is 17.7 Å². The zero-order valence-corrected chi connectivity index (χ0v) is 15.8. The van der Waals surface area contributed by atoms with Gasteiger partial charge in [0.25, 0.3) is 5.91 Å². The van der Waals surface area contributed by atoms with E-state index in [0.717, 1.165) is 19.3 Å². The van der Waals surface area contributed by atoms with Crippen molar-refractivity contribution in [1.29, 1.82) is 5.26 Å². The number of methoxy groups -OCH3 is 1. The van der Waals surface area contributed by atoms with Crippen LogP contribution in [0.4, 0.5) is 0 Å². The first-order chi connectivity index (χ1) is 12.6. The number of rotatable bonds is 8. The fourth-order valence-corrected chi connectivity index (χ4v) is 2.86. The van der Waals surface area contributed by atoms with Gasteiger partial charge in [-0.15, -0.1) is 0 Å². The Morgan fingerprint density at radius 2 is 2.35 bits per heavy atom. The first-order valence-electron chi connectivity index (χ1n) is 8.61. The Labute approximate surface area is 158 Å². The van der Waals surface area contributed by atoms with Gasteiger partial charge in [-0.1, -0.05) is 18.5 Å². The number of hydrogen-bond acceptors (Lipinski definition) is 5. The van der Waals surface area contributed by atoms with E-state index >= 15 is 0 Å². The highest BCUT2D eigenvalue weighted by Crippen LogP contribution is 2.37. The molecule has 1 aromatic rings. The summed E-state index contributed by atoms with van der Waals surface area (Å²) in [6, 6.07) is 5.25. The fraction of sp³-hybridized carbons (Fsp3) is 0.474. The zero-order chi connectivity index (χ0) is 18.9. The number of ether oxygens (including phenoxy) is 3. The SMILES string of the molecule is CCCOc1c(Cl)cc(/C=C(\C#N)C(=O)NC[C@@H]2CCCO2)cc1OC. The molecule has 1 heterocycles. The lowest BCUT2D eigenvalue weighted by molar-refractivity contribution is -0.117. The summed E-state index contributed by atoms with van der Waals surface area (Å²) in [4.78, 5) is 12.2. The minimum Gasteiger partial charge on any atom is -0.493 e. The van der Waals surface area contributed by atoms with Crippen LogP contribution in [0.1, 0.15) is 31.7 Å². The predicted octanol–water partition coefficient (Wildman–Crippen LogP) is 3.34. The van der Waals surface area contributed by atoms with Crippen LogP contribution < -0.4 is 14.8 Å². The number of carbonyl (C=O) groups is 1. The summed E-state index contributed by atoms with van der Waals surface area (Å²) in [5.74, 6) is 0.466. The van der Waals surface area contributed by atoms with E-state index in [-0.39, 0.29) is 11.7 Å². The molecule has 7 heteroatoms. The van der Waals surface area contributed by atoms with Gasteiger partial charge in [0.05, 0.1) is 24.8 Å². The van der Waals surface area contributed by atoms with Crippen LogP contribution in [0.2, 0.25) is 5.02 Å². The highest BCUT2D eigenvalue weighted by Gasteiger charge is 2.18. The van der Waals surface area contributed by atoms with Crippen LogP contribution >= 0.6 is 11.6 Å². The fourth-order valence-electron chi connectivity index (χ4n) is 2.59. The number of nitrogens with zero attached hydrogens (tertiary/aromatic N) is 1. The Morgan fingerprint density at radius 1 is 1.54 bits per heavy atom. The minimum atomic E-state index is -0.440. The number of benzene rings is 1. The Hall–Kier alpha value is -2.23. The van der Waals surface area contributed by atoms with E-state index in [1.807, 2.05) is 13.0 Å². The Bertz CT molecular complexity index is 706. The smallest absolute Gasteiger partial charge is 0.262 e. The van der Waals surface area contributed by atoms with E-state index in [1.165, 1.54) is 13.2 Å². The highest BCUT2D eigenvalue weighted by molar-refractivity contribution is 6.32. The molecule has 0 aliphatic carbocycles. The van der Waals surface area contributed by atoms with Crippen LogP contribution in [0.3, 0.4) is 0 Å². The van der Waals surface area contributed by atoms with Crippen molar-refractivity contribution < 1.29 is 19.0 Å². The van der Waals surface area contributed by atoms with Crippen molar-refractivity contribution in [2.45, 2.75) is 32.3 Å². The average Bonchev–Trinajstić information content (AvgIpc) is 3.16. The monoisotopic (exact) mass is 378 g/mol. The normalized spacial score (nSPS) is 16.8. The van der Waals surface area contributed by atoms with E-state index < -0.39 is 5.91 Å². The van der Waals surface area contributed by atoms with Gasteiger partial charge in [-0.25, -0.2) is 0 Å². The molecule has 1 aliphatic heterocycles. The van der Waals surface area contributed by atoms with Crippen LogP contribution in [-0.4, -0.2) is 38.9 Å². The van der Waals surface area contributed by atoms with Crippen molar-refractivity contribution in [1.82, 2.24) is 5.32 Å². The second kappa shape index (κ2) is 10.0. The van der Waals surface area contributed by atoms with E-state index in [9.17, 15) is 10.1 Å². The average molecular weight is 379 g/mol. The predicted molar refractivity (Wildman–Crippen MR) is 99.4 cm³/mol. The first-order valence-corrected chi connectivity index (χ1v) is 8.98. The molecule has 2 rings (SSSR count). The van der Waals surface area contributed by atoms with Crippen LogP contribution in [0.5, 0.6) is 11.5 Å². The molecule has 140 valence electrons. The molecule has 0 radical (unpaired) electrons. The van der Waals surface area contributed by atoms with Crippen molar-refractivity contribution in [3.05, 3.63) is 28.3 Å². The summed E-state index contributed by atoms with van der Waals surface area (Å²) in [7, 11) is 1.51. The summed E-state index contributed by atoms with van der Waals surface area (Å²) in [5, 5.41) is 12.4. The second-order valence-corrected chi connectivity index (χ2v) is 6.30. The summed E-state index contributed by atoms with van der Waals surface area (Å²) >= 11 is 6.27. The zero-order valence-electron chi connectivity index (χ0n) is 15.0. The molecule has 0 spiro atoms. The number of nitrogens with one attached hydrogen (secondary N) is 1. The van der Waals surface area contributed by atoms with Crippen molar-refractivity contribution in [2.75, 3.05) is 26.9 Å². The lowest BCUT2D eigenvalue weighted by atomic mass is 10.1. The third kappa shape index (κ3) is 5.38. The second-order valence-electron chi connectivity index (χ2n) is 5.90. The Kier molecular flexibility index (Phi) is 7.76. The lowest BCUT2D eigenvalue weighted by Crippen LogP contribution is -2.32. The van der Waals surface area contributed by atoms with Crippen molar-refractivity contribution in [3.8, 4) is 17.6 Å². The number of nitriles is 1. The molecule has 1 aliphatic rings. The van der Waals surface area contributed by atoms with Crippen LogP contribution in [-0.2, 0) is 9.53 Å². The van der Waals surface area contributed by atoms with Gasteiger partial charge in [-0.3, -0.25) is 4.79 Å². The van der Waals surface area contributed by atoms with Crippen molar-refractivity contribution >= 4 is 23.6 Å². The molecular weight excluding hydrogens is 356 g/mol. The third-order valence-electron chi connectivity index (χ3n) is 3.89. The summed E-state index contributed by atoms with van der Waals surface area (Å²) in [5.41, 5.74) is 0.572. The van der Waals surface area contributed by atoms with Gasteiger partial charge in [0.2, 0.25) is 0 Å². The van der Waals surface area contributed by atoms with Crippen molar-refractivity contribution in [3.63, 3.8) is 0 Å². The number of hydrogen-bond donors (Lipinski definition) is 1. The van der Waals surface area contributed by atoms with Crippen LogP contribution in [0, 0.1) is 11.3 Å². The maximum absolute atomic E-state index is 12.2. The molecule has 1 fully saturated rings. The number of amides is 1. The molecule has 0 saturated carbocycles. The number of halogens is 1. The van der Waals surface area contributed by atoms with Gasteiger partial charge in [0.15, 0.2) is 11.5 Å². The molecule has 0 aromatic heterocycles. The number of carbonyl (C=O) groups excluding carboxylic acids is 1. The maximum atomic E-state index is 12.2. The summed E-state index contributed by atoms with van der Waals surface area (Å²) < 4.78 is 16.4. The third-order valence-corrected chi connectivity index (χ3v) is 4.17. The molecule has 26 heavy (non-hydrogen) atoms. The maximum Gasteiger partial charge on any atom is 0.262 e. The Balaban J connectivity index is 2.15. The molecule has 1 N–H and O–H groups in total. The minimum absolute atomic E-state index is 0.0108. The van der Waals surface area contributed by atoms with Gasteiger partial charge < -0.3 is 19.5 Å². The standard InChI is InChI=1S/C19H23ClN2O4/c1-3-6-26-18-16(20)9-13(10-17(18)24-2)8-14(11-21)19(23)22-12-15-5-4-7-25-15/h8-10,15H,3-7,12H2,1-2H3,(H,22,23)/b14-8+/t15-/m0/s1. The molecule has 6 nitrogen and oxygen atoms in total. The van der Waals surface area contributed by atoms with Gasteiger partial charge in [-0.2, -0.15) is 5.26 Å². The summed E-state index contributed by atoms with van der Waals surface area (Å²) in [6.07, 6.45) is 4.24. The summed E-state index contributed by atoms with van der Waals surface area (Å²) in [6.45, 7) is 3.62. The van der Waals surface area contributed by atoms with Gasteiger partial charge in [0.1, 0.15) is 11.6 Å². The molecule has 1 atom stereocenters. The molecular formula is C19H23ClN2O4. The van der Waals surface area contributed by atoms with Gasteiger partial charge in [-0.05, 0) is 43.0 Å². The van der Waals surface area contributed by atoms with Crippen LogP contribution in [0.25, 0.3) is 6.08 Å². The van der Waals surface area contributed by atoms with E-state index in [4.69, 9.17) is 25.8 Å². The first kappa shape index (κ1) is 20.1. The topological polar surface area (TPSA) is 80.6 Å². The molecule has 0 unspecified atom stereocenters. The quantitative estimate of drug-likeness (QED) is 0.554. The van der Waals surface area contributed by atoms with E-state index in [1.54, 1.807) is 12.1 Å². The molecule has 1 aromatic carbocycles. The Morgan fingerprint density at radius 3 is 2.96 bits per heavy atom. The lowest BCUT2D eigenvalue weighted by Gasteiger charge is -2.13. The van der Waals surface area contributed by atoms with Crippen molar-refractivity contribution in [2.24, 2.45) is 0 Å². The van der Waals surface area contributed by atoms with Gasteiger partial charge in [0, 0.05) is 13.2 Å².